The fourth-order valence-corrected chi connectivity index (χ4v) is 1.31. The lowest BCUT2D eigenvalue weighted by Crippen LogP contribution is -2.25. The second-order valence-electron chi connectivity index (χ2n) is 3.62. The zero-order valence-electron chi connectivity index (χ0n) is 9.22. The third kappa shape index (κ3) is 3.96. The largest absolute Gasteiger partial charge is 0.392 e. The van der Waals surface area contributed by atoms with Gasteiger partial charge in [0, 0.05) is 25.2 Å². The zero-order valence-corrected chi connectivity index (χ0v) is 9.22. The molecule has 88 valence electrons. The molecule has 1 aromatic carbocycles. The van der Waals surface area contributed by atoms with Gasteiger partial charge in [0.2, 0.25) is 0 Å². The summed E-state index contributed by atoms with van der Waals surface area (Å²) in [6.07, 6.45) is 0.334. The molecule has 16 heavy (non-hydrogen) atoms. The topological polar surface area (TPSA) is 75.4 Å². The minimum absolute atomic E-state index is 0.0929. The van der Waals surface area contributed by atoms with E-state index in [4.69, 9.17) is 0 Å². The lowest BCUT2D eigenvalue weighted by Gasteiger charge is -2.09. The smallest absolute Gasteiger partial charge is 0.269 e. The summed E-state index contributed by atoms with van der Waals surface area (Å²) in [5.41, 5.74) is 0.938. The fourth-order valence-electron chi connectivity index (χ4n) is 1.31. The number of nitro groups is 1. The van der Waals surface area contributed by atoms with Crippen LogP contribution in [-0.2, 0) is 6.54 Å². The van der Waals surface area contributed by atoms with Gasteiger partial charge in [-0.05, 0) is 12.0 Å². The Morgan fingerprint density at radius 2 is 2.31 bits per heavy atom. The van der Waals surface area contributed by atoms with Gasteiger partial charge in [0.25, 0.3) is 5.69 Å². The third-order valence-corrected chi connectivity index (χ3v) is 2.30. The first-order valence-electron chi connectivity index (χ1n) is 5.25. The van der Waals surface area contributed by atoms with Crippen molar-refractivity contribution >= 4 is 5.69 Å². The van der Waals surface area contributed by atoms with Gasteiger partial charge in [-0.1, -0.05) is 19.1 Å². The van der Waals surface area contributed by atoms with Crippen molar-refractivity contribution in [2.75, 3.05) is 6.54 Å². The molecule has 0 aliphatic heterocycles. The molecule has 1 atom stereocenters. The first-order chi connectivity index (χ1) is 7.63. The quantitative estimate of drug-likeness (QED) is 0.566. The maximum Gasteiger partial charge on any atom is 0.269 e. The highest BCUT2D eigenvalue weighted by Gasteiger charge is 2.05. The van der Waals surface area contributed by atoms with Crippen molar-refractivity contribution in [3.05, 3.63) is 39.9 Å². The molecule has 0 spiro atoms. The maximum absolute atomic E-state index is 10.5. The summed E-state index contributed by atoms with van der Waals surface area (Å²) in [5.74, 6) is 0. The van der Waals surface area contributed by atoms with Crippen LogP contribution in [0.3, 0.4) is 0 Å². The highest BCUT2D eigenvalue weighted by molar-refractivity contribution is 5.34. The predicted octanol–water partition coefficient (Wildman–Crippen LogP) is 1.46. The molecule has 2 N–H and O–H groups in total. The Hall–Kier alpha value is -1.46. The summed E-state index contributed by atoms with van der Waals surface area (Å²) in [5, 5.41) is 22.9. The summed E-state index contributed by atoms with van der Waals surface area (Å²) < 4.78 is 0. The molecule has 1 rings (SSSR count). The van der Waals surface area contributed by atoms with Gasteiger partial charge in [0.1, 0.15) is 0 Å². The Morgan fingerprint density at radius 3 is 2.94 bits per heavy atom. The van der Waals surface area contributed by atoms with E-state index < -0.39 is 4.92 Å². The molecular weight excluding hydrogens is 208 g/mol. The van der Waals surface area contributed by atoms with Gasteiger partial charge in [0.15, 0.2) is 0 Å². The number of aliphatic hydroxyl groups excluding tert-OH is 1. The molecule has 0 aromatic heterocycles. The van der Waals surface area contributed by atoms with Crippen LogP contribution >= 0.6 is 0 Å². The van der Waals surface area contributed by atoms with Gasteiger partial charge in [-0.15, -0.1) is 0 Å². The molecule has 0 fully saturated rings. The molecule has 5 heteroatoms. The van der Waals surface area contributed by atoms with E-state index in [9.17, 15) is 15.2 Å². The van der Waals surface area contributed by atoms with Gasteiger partial charge in [-0.2, -0.15) is 0 Å². The Bertz CT molecular complexity index is 355. The molecule has 5 nitrogen and oxygen atoms in total. The minimum atomic E-state index is -0.412. The highest BCUT2D eigenvalue weighted by Crippen LogP contribution is 2.12. The highest BCUT2D eigenvalue weighted by atomic mass is 16.6. The SMILES string of the molecule is CCC(O)CNCc1cccc([N+](=O)[O-])c1. The Balaban J connectivity index is 2.48. The fraction of sp³-hybridized carbons (Fsp3) is 0.455. The third-order valence-electron chi connectivity index (χ3n) is 2.30. The van der Waals surface area contributed by atoms with E-state index >= 15 is 0 Å². The van der Waals surface area contributed by atoms with Crippen molar-refractivity contribution in [3.63, 3.8) is 0 Å². The zero-order chi connectivity index (χ0) is 12.0. The monoisotopic (exact) mass is 224 g/mol. The number of aliphatic hydroxyl groups is 1. The Labute approximate surface area is 94.3 Å². The molecular formula is C11H16N2O3. The van der Waals surface area contributed by atoms with E-state index in [1.165, 1.54) is 12.1 Å². The average Bonchev–Trinajstić information content (AvgIpc) is 2.29. The van der Waals surface area contributed by atoms with Crippen LogP contribution in [0.2, 0.25) is 0 Å². The molecule has 0 aliphatic rings. The second kappa shape index (κ2) is 6.19. The number of hydrogen-bond donors (Lipinski definition) is 2. The summed E-state index contributed by atoms with van der Waals surface area (Å²) in [4.78, 5) is 10.1. The van der Waals surface area contributed by atoms with Crippen molar-refractivity contribution in [3.8, 4) is 0 Å². The molecule has 0 heterocycles. The molecule has 0 amide bonds. The van der Waals surface area contributed by atoms with Gasteiger partial charge in [-0.25, -0.2) is 0 Å². The Kier molecular flexibility index (Phi) is 4.88. The van der Waals surface area contributed by atoms with Gasteiger partial charge >= 0.3 is 0 Å². The van der Waals surface area contributed by atoms with Crippen LogP contribution in [0.25, 0.3) is 0 Å². The normalized spacial score (nSPS) is 12.4. The van der Waals surface area contributed by atoms with Crippen LogP contribution in [0.5, 0.6) is 0 Å². The molecule has 1 unspecified atom stereocenters. The van der Waals surface area contributed by atoms with Crippen molar-refractivity contribution in [2.45, 2.75) is 26.0 Å². The van der Waals surface area contributed by atoms with Crippen LogP contribution in [0, 0.1) is 10.1 Å². The van der Waals surface area contributed by atoms with Crippen molar-refractivity contribution < 1.29 is 10.0 Å². The molecule has 0 bridgehead atoms. The van der Waals surface area contributed by atoms with E-state index in [2.05, 4.69) is 5.32 Å². The number of hydrogen-bond acceptors (Lipinski definition) is 4. The molecule has 1 aromatic rings. The summed E-state index contributed by atoms with van der Waals surface area (Å²) >= 11 is 0. The number of rotatable bonds is 6. The second-order valence-corrected chi connectivity index (χ2v) is 3.62. The maximum atomic E-state index is 10.5. The predicted molar refractivity (Wildman–Crippen MR) is 61.1 cm³/mol. The van der Waals surface area contributed by atoms with Crippen LogP contribution in [-0.4, -0.2) is 22.7 Å². The molecule has 0 saturated heterocycles. The van der Waals surface area contributed by atoms with Crippen LogP contribution in [0.15, 0.2) is 24.3 Å². The summed E-state index contributed by atoms with van der Waals surface area (Å²) in [6, 6.07) is 6.47. The van der Waals surface area contributed by atoms with E-state index in [1.807, 2.05) is 13.0 Å². The first-order valence-corrected chi connectivity index (χ1v) is 5.25. The van der Waals surface area contributed by atoms with E-state index in [1.54, 1.807) is 6.07 Å². The van der Waals surface area contributed by atoms with Crippen molar-refractivity contribution in [1.29, 1.82) is 0 Å². The molecule has 0 saturated carbocycles. The average molecular weight is 224 g/mol. The Morgan fingerprint density at radius 1 is 1.56 bits per heavy atom. The van der Waals surface area contributed by atoms with Gasteiger partial charge in [0.05, 0.1) is 11.0 Å². The van der Waals surface area contributed by atoms with Crippen molar-refractivity contribution in [2.24, 2.45) is 0 Å². The number of nitrogens with one attached hydrogen (secondary N) is 1. The number of non-ortho nitro benzene ring substituents is 1. The van der Waals surface area contributed by atoms with E-state index in [0.29, 0.717) is 19.5 Å². The minimum Gasteiger partial charge on any atom is -0.392 e. The lowest BCUT2D eigenvalue weighted by atomic mass is 10.2. The molecule has 0 radical (unpaired) electrons. The number of nitrogens with zero attached hydrogens (tertiary/aromatic N) is 1. The van der Waals surface area contributed by atoms with Gasteiger partial charge < -0.3 is 10.4 Å². The summed E-state index contributed by atoms with van der Waals surface area (Å²) in [7, 11) is 0. The standard InChI is InChI=1S/C11H16N2O3/c1-2-11(14)8-12-7-9-4-3-5-10(6-9)13(15)16/h3-6,11-12,14H,2,7-8H2,1H3. The van der Waals surface area contributed by atoms with E-state index in [-0.39, 0.29) is 11.8 Å². The number of benzene rings is 1. The molecule has 0 aliphatic carbocycles. The number of nitro benzene ring substituents is 1. The lowest BCUT2D eigenvalue weighted by molar-refractivity contribution is -0.384. The first kappa shape index (κ1) is 12.6. The summed E-state index contributed by atoms with van der Waals surface area (Å²) in [6.45, 7) is 2.93. The van der Waals surface area contributed by atoms with Crippen LogP contribution in [0.1, 0.15) is 18.9 Å². The van der Waals surface area contributed by atoms with Gasteiger partial charge in [-0.3, -0.25) is 10.1 Å². The van der Waals surface area contributed by atoms with Crippen molar-refractivity contribution in [1.82, 2.24) is 5.32 Å². The van der Waals surface area contributed by atoms with Crippen LogP contribution < -0.4 is 5.32 Å². The van der Waals surface area contributed by atoms with Crippen LogP contribution in [0.4, 0.5) is 5.69 Å². The van der Waals surface area contributed by atoms with E-state index in [0.717, 1.165) is 5.56 Å².